The lowest BCUT2D eigenvalue weighted by molar-refractivity contribution is -0.130. The Morgan fingerprint density at radius 1 is 1.00 bits per heavy atom. The molecule has 10 nitrogen and oxygen atoms in total. The second kappa shape index (κ2) is 14.8. The highest BCUT2D eigenvalue weighted by Crippen LogP contribution is 2.27. The quantitative estimate of drug-likeness (QED) is 0.201. The van der Waals surface area contributed by atoms with Gasteiger partial charge in [-0.1, -0.05) is 72.8 Å². The van der Waals surface area contributed by atoms with Crippen LogP contribution in [0.1, 0.15) is 43.7 Å². The number of fused-ring (bicyclic) bond motifs is 1. The van der Waals surface area contributed by atoms with E-state index in [-0.39, 0.29) is 18.4 Å². The standard InChI is InChI=1S/C34H42N6O4/c1-34(2,35)33(43)38-30(23-44-22-24-11-6-5-7-12-24)31(41)37-28-20-36-40(21-28)18-10-15-29(32(42)39(3)4)27-17-16-25-13-8-9-14-26(25)19-27/h5-9,11-14,16-17,19-21,29-30H,10,15,18,22-23,35H2,1-4H3,(H,37,41)(H,38,43)/t29?,30-/m1/s1. The van der Waals surface area contributed by atoms with Gasteiger partial charge in [-0.25, -0.2) is 0 Å². The molecule has 0 aliphatic rings. The lowest BCUT2D eigenvalue weighted by atomic mass is 9.91. The molecular formula is C34H42N6O4. The molecule has 0 aliphatic heterocycles. The van der Waals surface area contributed by atoms with Crippen LogP contribution in [0.4, 0.5) is 5.69 Å². The third kappa shape index (κ3) is 8.98. The summed E-state index contributed by atoms with van der Waals surface area (Å²) in [7, 11) is 3.55. The molecule has 1 aromatic heterocycles. The lowest BCUT2D eigenvalue weighted by Gasteiger charge is -2.23. The zero-order valence-corrected chi connectivity index (χ0v) is 25.8. The number of ether oxygens (including phenoxy) is 1. The number of nitrogens with one attached hydrogen (secondary N) is 2. The molecule has 1 unspecified atom stereocenters. The number of amides is 3. The summed E-state index contributed by atoms with van der Waals surface area (Å²) in [5.41, 5.74) is 7.20. The molecule has 4 aromatic rings. The summed E-state index contributed by atoms with van der Waals surface area (Å²) in [6.45, 7) is 3.96. The predicted octanol–water partition coefficient (Wildman–Crippen LogP) is 4.07. The highest BCUT2D eigenvalue weighted by molar-refractivity contribution is 5.98. The van der Waals surface area contributed by atoms with E-state index in [2.05, 4.69) is 40.0 Å². The van der Waals surface area contributed by atoms with Crippen molar-refractivity contribution in [1.82, 2.24) is 20.0 Å². The zero-order chi connectivity index (χ0) is 31.7. The van der Waals surface area contributed by atoms with Crippen LogP contribution in [-0.4, -0.2) is 64.7 Å². The third-order valence-corrected chi connectivity index (χ3v) is 7.30. The van der Waals surface area contributed by atoms with Gasteiger partial charge in [0.15, 0.2) is 0 Å². The van der Waals surface area contributed by atoms with E-state index in [1.165, 1.54) is 0 Å². The average molecular weight is 599 g/mol. The lowest BCUT2D eigenvalue weighted by Crippen LogP contribution is -2.56. The molecule has 4 rings (SSSR count). The van der Waals surface area contributed by atoms with Crippen LogP contribution in [0, 0.1) is 0 Å². The number of carbonyl (C=O) groups is 3. The molecule has 44 heavy (non-hydrogen) atoms. The van der Waals surface area contributed by atoms with E-state index >= 15 is 0 Å². The minimum Gasteiger partial charge on any atom is -0.374 e. The Balaban J connectivity index is 1.36. The monoisotopic (exact) mass is 598 g/mol. The van der Waals surface area contributed by atoms with Gasteiger partial charge < -0.3 is 26.0 Å². The summed E-state index contributed by atoms with van der Waals surface area (Å²) in [4.78, 5) is 40.5. The number of nitrogens with zero attached hydrogens (tertiary/aromatic N) is 3. The van der Waals surface area contributed by atoms with Gasteiger partial charge in [0.2, 0.25) is 17.7 Å². The summed E-state index contributed by atoms with van der Waals surface area (Å²) >= 11 is 0. The Hall–Kier alpha value is -4.54. The molecule has 2 atom stereocenters. The molecule has 0 fully saturated rings. The molecular weight excluding hydrogens is 556 g/mol. The number of hydrogen-bond acceptors (Lipinski definition) is 6. The minimum absolute atomic E-state index is 0.0350. The van der Waals surface area contributed by atoms with Crippen LogP contribution in [0.15, 0.2) is 85.2 Å². The van der Waals surface area contributed by atoms with Gasteiger partial charge in [0.25, 0.3) is 0 Å². The van der Waals surface area contributed by atoms with Gasteiger partial charge in [0, 0.05) is 26.8 Å². The van der Waals surface area contributed by atoms with Gasteiger partial charge >= 0.3 is 0 Å². The highest BCUT2D eigenvalue weighted by atomic mass is 16.5. The van der Waals surface area contributed by atoms with Gasteiger partial charge in [-0.05, 0) is 48.6 Å². The molecule has 3 aromatic carbocycles. The fourth-order valence-electron chi connectivity index (χ4n) is 4.80. The van der Waals surface area contributed by atoms with Crippen molar-refractivity contribution in [3.05, 3.63) is 96.3 Å². The van der Waals surface area contributed by atoms with Gasteiger partial charge in [-0.2, -0.15) is 5.10 Å². The van der Waals surface area contributed by atoms with Gasteiger partial charge in [0.1, 0.15) is 6.04 Å². The van der Waals surface area contributed by atoms with Crippen LogP contribution < -0.4 is 16.4 Å². The van der Waals surface area contributed by atoms with E-state index < -0.39 is 23.4 Å². The summed E-state index contributed by atoms with van der Waals surface area (Å²) in [5, 5.41) is 12.1. The van der Waals surface area contributed by atoms with Crippen molar-refractivity contribution in [1.29, 1.82) is 0 Å². The SMILES string of the molecule is CN(C)C(=O)C(CCCn1cc(NC(=O)[C@@H](COCc2ccccc2)NC(=O)C(C)(C)N)cn1)c1ccc2ccccc2c1. The van der Waals surface area contributed by atoms with Crippen molar-refractivity contribution in [2.45, 2.75) is 57.3 Å². The number of aryl methyl sites for hydroxylation is 1. The van der Waals surface area contributed by atoms with Crippen LogP contribution in [0.2, 0.25) is 0 Å². The molecule has 0 bridgehead atoms. The van der Waals surface area contributed by atoms with Crippen LogP contribution in [0.3, 0.4) is 0 Å². The van der Waals surface area contributed by atoms with E-state index in [9.17, 15) is 14.4 Å². The van der Waals surface area contributed by atoms with E-state index in [1.807, 2.05) is 48.5 Å². The third-order valence-electron chi connectivity index (χ3n) is 7.30. The summed E-state index contributed by atoms with van der Waals surface area (Å²) in [6.07, 6.45) is 4.62. The van der Waals surface area contributed by atoms with Crippen molar-refractivity contribution >= 4 is 34.2 Å². The fraction of sp³-hybridized carbons (Fsp3) is 0.353. The van der Waals surface area contributed by atoms with Gasteiger partial charge in [-0.3, -0.25) is 19.1 Å². The van der Waals surface area contributed by atoms with E-state index in [0.29, 0.717) is 31.7 Å². The Labute approximate surface area is 258 Å². The number of nitrogens with two attached hydrogens (primary N) is 1. The van der Waals surface area contributed by atoms with Crippen molar-refractivity contribution in [3.8, 4) is 0 Å². The Bertz CT molecular complexity index is 1560. The molecule has 0 spiro atoms. The summed E-state index contributed by atoms with van der Waals surface area (Å²) in [5.74, 6) is -1.14. The number of aromatic nitrogens is 2. The Kier molecular flexibility index (Phi) is 10.9. The van der Waals surface area contributed by atoms with E-state index in [1.54, 1.807) is 49.9 Å². The van der Waals surface area contributed by atoms with Gasteiger partial charge in [-0.15, -0.1) is 0 Å². The first-order valence-electron chi connectivity index (χ1n) is 14.8. The second-order valence-corrected chi connectivity index (χ2v) is 11.8. The number of carbonyl (C=O) groups excluding carboxylic acids is 3. The first-order valence-corrected chi connectivity index (χ1v) is 14.8. The smallest absolute Gasteiger partial charge is 0.249 e. The van der Waals surface area contributed by atoms with E-state index in [4.69, 9.17) is 10.5 Å². The largest absolute Gasteiger partial charge is 0.374 e. The van der Waals surface area contributed by atoms with E-state index in [0.717, 1.165) is 21.9 Å². The van der Waals surface area contributed by atoms with Crippen molar-refractivity contribution in [2.24, 2.45) is 5.73 Å². The number of likely N-dealkylation sites (N-methyl/N-ethyl adjacent to an activating group) is 1. The second-order valence-electron chi connectivity index (χ2n) is 11.8. The molecule has 0 saturated carbocycles. The number of anilines is 1. The number of benzene rings is 3. The topological polar surface area (TPSA) is 132 Å². The zero-order valence-electron chi connectivity index (χ0n) is 25.8. The molecule has 232 valence electrons. The fourth-order valence-corrected chi connectivity index (χ4v) is 4.80. The summed E-state index contributed by atoms with van der Waals surface area (Å²) in [6, 6.07) is 22.9. The number of hydrogen-bond donors (Lipinski definition) is 3. The average Bonchev–Trinajstić information content (AvgIpc) is 3.45. The van der Waals surface area contributed by atoms with Crippen molar-refractivity contribution < 1.29 is 19.1 Å². The molecule has 4 N–H and O–H groups in total. The highest BCUT2D eigenvalue weighted by Gasteiger charge is 2.29. The minimum atomic E-state index is -1.17. The maximum absolute atomic E-state index is 13.2. The maximum atomic E-state index is 13.2. The first-order chi connectivity index (χ1) is 21.0. The number of rotatable bonds is 14. The summed E-state index contributed by atoms with van der Waals surface area (Å²) < 4.78 is 7.49. The van der Waals surface area contributed by atoms with Crippen LogP contribution in [0.5, 0.6) is 0 Å². The van der Waals surface area contributed by atoms with Crippen LogP contribution in [-0.2, 0) is 32.3 Å². The predicted molar refractivity (Wildman–Crippen MR) is 172 cm³/mol. The van der Waals surface area contributed by atoms with Crippen LogP contribution >= 0.6 is 0 Å². The van der Waals surface area contributed by atoms with Crippen LogP contribution in [0.25, 0.3) is 10.8 Å². The Morgan fingerprint density at radius 3 is 2.41 bits per heavy atom. The first kappa shape index (κ1) is 32.4. The molecule has 10 heteroatoms. The molecule has 1 heterocycles. The normalized spacial score (nSPS) is 12.8. The Morgan fingerprint density at radius 2 is 1.70 bits per heavy atom. The molecule has 3 amide bonds. The molecule has 0 saturated heterocycles. The molecule has 0 aliphatic carbocycles. The van der Waals surface area contributed by atoms with Crippen molar-refractivity contribution in [2.75, 3.05) is 26.0 Å². The van der Waals surface area contributed by atoms with Gasteiger partial charge in [0.05, 0.1) is 36.6 Å². The van der Waals surface area contributed by atoms with Crippen molar-refractivity contribution in [3.63, 3.8) is 0 Å². The maximum Gasteiger partial charge on any atom is 0.249 e. The molecule has 0 radical (unpaired) electrons.